The van der Waals surface area contributed by atoms with Gasteiger partial charge in [0.25, 0.3) is 5.79 Å². The fourth-order valence-corrected chi connectivity index (χ4v) is 3.49. The zero-order chi connectivity index (χ0) is 18.9. The van der Waals surface area contributed by atoms with Gasteiger partial charge in [-0.1, -0.05) is 24.3 Å². The quantitative estimate of drug-likeness (QED) is 0.622. The van der Waals surface area contributed by atoms with Crippen LogP contribution in [0.25, 0.3) is 10.9 Å². The lowest BCUT2D eigenvalue weighted by Crippen LogP contribution is -2.39. The molecule has 3 rings (SSSR count). The van der Waals surface area contributed by atoms with Gasteiger partial charge in [0.2, 0.25) is 0 Å². The molecule has 1 N–H and O–H groups in total. The van der Waals surface area contributed by atoms with Crippen molar-refractivity contribution in [1.82, 2.24) is 4.98 Å². The molecule has 0 bridgehead atoms. The van der Waals surface area contributed by atoms with Crippen LogP contribution >= 0.6 is 0 Å². The van der Waals surface area contributed by atoms with Gasteiger partial charge in [0.15, 0.2) is 0 Å². The molecule has 2 aromatic rings. The van der Waals surface area contributed by atoms with Crippen LogP contribution in [-0.4, -0.2) is 17.6 Å². The summed E-state index contributed by atoms with van der Waals surface area (Å²) in [6, 6.07) is 4.08. The van der Waals surface area contributed by atoms with Gasteiger partial charge in [-0.05, 0) is 31.4 Å². The van der Waals surface area contributed by atoms with Crippen LogP contribution in [0.15, 0.2) is 30.4 Å². The highest BCUT2D eigenvalue weighted by Gasteiger charge is 2.44. The number of alkyl halides is 3. The average molecular weight is 367 g/mol. The van der Waals surface area contributed by atoms with E-state index in [1.807, 2.05) is 19.1 Å². The number of carbonyl (C=O) groups is 1. The summed E-state index contributed by atoms with van der Waals surface area (Å²) in [5, 5.41) is 0.487. The number of carbonyl (C=O) groups excluding carboxylic acids is 1. The summed E-state index contributed by atoms with van der Waals surface area (Å²) in [6.45, 7) is 3.39. The van der Waals surface area contributed by atoms with E-state index in [2.05, 4.69) is 4.98 Å². The Hall–Kier alpha value is -2.28. The second-order valence-corrected chi connectivity index (χ2v) is 6.26. The number of fused-ring (bicyclic) bond motifs is 3. The van der Waals surface area contributed by atoms with Crippen LogP contribution < -0.4 is 0 Å². The molecule has 140 valence electrons. The minimum atomic E-state index is -4.48. The third-order valence-corrected chi connectivity index (χ3v) is 4.50. The van der Waals surface area contributed by atoms with Gasteiger partial charge >= 0.3 is 12.1 Å². The molecule has 0 spiro atoms. The summed E-state index contributed by atoms with van der Waals surface area (Å²) >= 11 is 0. The average Bonchev–Trinajstić information content (AvgIpc) is 2.94. The summed E-state index contributed by atoms with van der Waals surface area (Å²) in [6.07, 6.45) is 0.597. The predicted molar refractivity (Wildman–Crippen MR) is 90.4 cm³/mol. The van der Waals surface area contributed by atoms with Crippen molar-refractivity contribution in [2.45, 2.75) is 45.1 Å². The standard InChI is InChI=1S/C19H20F3NO3/c1-3-4-5-10-18(26-12(2)24)17-14(9-11-25-18)13-7-6-8-15(16(13)23-17)19(20,21)22/h3-4,6-8,23H,5,9-11H2,1-2H3. The molecule has 4 nitrogen and oxygen atoms in total. The van der Waals surface area contributed by atoms with Gasteiger partial charge in [-0.3, -0.25) is 4.79 Å². The minimum Gasteiger partial charge on any atom is -0.427 e. The van der Waals surface area contributed by atoms with Crippen LogP contribution in [-0.2, 0) is 32.7 Å². The molecular weight excluding hydrogens is 347 g/mol. The Balaban J connectivity index is 2.19. The Morgan fingerprint density at radius 1 is 1.42 bits per heavy atom. The Bertz CT molecular complexity index is 854. The monoisotopic (exact) mass is 367 g/mol. The van der Waals surface area contributed by atoms with Crippen molar-refractivity contribution in [3.05, 3.63) is 47.2 Å². The van der Waals surface area contributed by atoms with Crippen LogP contribution in [0.4, 0.5) is 13.2 Å². The van der Waals surface area contributed by atoms with Gasteiger partial charge < -0.3 is 14.5 Å². The van der Waals surface area contributed by atoms with Crippen LogP contribution in [0.5, 0.6) is 0 Å². The number of benzene rings is 1. The number of ether oxygens (including phenoxy) is 2. The van der Waals surface area contributed by atoms with E-state index in [0.29, 0.717) is 35.9 Å². The van der Waals surface area contributed by atoms with E-state index in [1.54, 1.807) is 6.07 Å². The first kappa shape index (κ1) is 18.5. The van der Waals surface area contributed by atoms with Crippen molar-refractivity contribution >= 4 is 16.9 Å². The van der Waals surface area contributed by atoms with E-state index in [-0.39, 0.29) is 12.1 Å². The molecule has 0 amide bonds. The zero-order valence-electron chi connectivity index (χ0n) is 14.6. The Kier molecular flexibility index (Phi) is 4.84. The zero-order valence-corrected chi connectivity index (χ0v) is 14.6. The van der Waals surface area contributed by atoms with Crippen molar-refractivity contribution in [2.75, 3.05) is 6.61 Å². The van der Waals surface area contributed by atoms with E-state index in [4.69, 9.17) is 9.47 Å². The summed E-state index contributed by atoms with van der Waals surface area (Å²) < 4.78 is 51.5. The van der Waals surface area contributed by atoms with Crippen molar-refractivity contribution in [3.8, 4) is 0 Å². The molecule has 0 saturated heterocycles. The number of hydrogen-bond donors (Lipinski definition) is 1. The lowest BCUT2D eigenvalue weighted by Gasteiger charge is -2.36. The third-order valence-electron chi connectivity index (χ3n) is 4.50. The van der Waals surface area contributed by atoms with Gasteiger partial charge in [-0.25, -0.2) is 0 Å². The number of aromatic nitrogens is 1. The van der Waals surface area contributed by atoms with Crippen LogP contribution in [0, 0.1) is 0 Å². The number of rotatable bonds is 4. The van der Waals surface area contributed by atoms with E-state index >= 15 is 0 Å². The third kappa shape index (κ3) is 3.23. The molecule has 1 aliphatic rings. The number of halogens is 3. The number of para-hydroxylation sites is 1. The van der Waals surface area contributed by atoms with Crippen LogP contribution in [0.1, 0.15) is 43.5 Å². The van der Waals surface area contributed by atoms with E-state index < -0.39 is 23.5 Å². The highest BCUT2D eigenvalue weighted by Crippen LogP contribution is 2.43. The normalized spacial score (nSPS) is 20.5. The minimum absolute atomic E-state index is 0.00180. The summed E-state index contributed by atoms with van der Waals surface area (Å²) in [5.41, 5.74) is 0.363. The van der Waals surface area contributed by atoms with Crippen molar-refractivity contribution in [3.63, 3.8) is 0 Å². The number of aromatic amines is 1. The molecule has 1 aliphatic heterocycles. The molecule has 0 fully saturated rings. The topological polar surface area (TPSA) is 51.3 Å². The van der Waals surface area contributed by atoms with Gasteiger partial charge in [0, 0.05) is 18.7 Å². The van der Waals surface area contributed by atoms with Gasteiger partial charge in [0.1, 0.15) is 0 Å². The van der Waals surface area contributed by atoms with E-state index in [9.17, 15) is 18.0 Å². The molecule has 0 radical (unpaired) electrons. The van der Waals surface area contributed by atoms with E-state index in [1.165, 1.54) is 13.0 Å². The summed E-state index contributed by atoms with van der Waals surface area (Å²) in [4.78, 5) is 14.6. The molecule has 0 aliphatic carbocycles. The van der Waals surface area contributed by atoms with Gasteiger partial charge in [-0.2, -0.15) is 13.2 Å². The van der Waals surface area contributed by atoms with Crippen LogP contribution in [0.3, 0.4) is 0 Å². The Morgan fingerprint density at radius 3 is 2.85 bits per heavy atom. The molecule has 1 atom stereocenters. The maximum Gasteiger partial charge on any atom is 0.418 e. The summed E-state index contributed by atoms with van der Waals surface area (Å²) in [7, 11) is 0. The predicted octanol–water partition coefficient (Wildman–Crippen LogP) is 4.83. The van der Waals surface area contributed by atoms with Crippen molar-refractivity contribution < 1.29 is 27.4 Å². The summed E-state index contributed by atoms with van der Waals surface area (Å²) in [5.74, 6) is -1.95. The maximum absolute atomic E-state index is 13.4. The van der Waals surface area contributed by atoms with Crippen LogP contribution in [0.2, 0.25) is 0 Å². The first-order valence-electron chi connectivity index (χ1n) is 8.44. The number of allylic oxidation sites excluding steroid dienone is 2. The fourth-order valence-electron chi connectivity index (χ4n) is 3.49. The Labute approximate surface area is 149 Å². The number of H-pyrrole nitrogens is 1. The van der Waals surface area contributed by atoms with E-state index in [0.717, 1.165) is 6.07 Å². The first-order valence-corrected chi connectivity index (χ1v) is 8.44. The molecule has 0 saturated carbocycles. The molecule has 1 aromatic carbocycles. The smallest absolute Gasteiger partial charge is 0.418 e. The maximum atomic E-state index is 13.4. The molecule has 26 heavy (non-hydrogen) atoms. The molecule has 1 unspecified atom stereocenters. The van der Waals surface area contributed by atoms with Gasteiger partial charge in [-0.15, -0.1) is 0 Å². The van der Waals surface area contributed by atoms with Gasteiger partial charge in [0.05, 0.1) is 23.4 Å². The van der Waals surface area contributed by atoms with Crippen molar-refractivity contribution in [2.24, 2.45) is 0 Å². The lowest BCUT2D eigenvalue weighted by molar-refractivity contribution is -0.247. The molecule has 1 aromatic heterocycles. The lowest BCUT2D eigenvalue weighted by atomic mass is 9.96. The molecular formula is C19H20F3NO3. The molecule has 2 heterocycles. The Morgan fingerprint density at radius 2 is 2.19 bits per heavy atom. The first-order chi connectivity index (χ1) is 12.3. The number of nitrogens with one attached hydrogen (secondary N) is 1. The fraction of sp³-hybridized carbons (Fsp3) is 0.421. The highest BCUT2D eigenvalue weighted by atomic mass is 19.4. The largest absolute Gasteiger partial charge is 0.427 e. The number of esters is 1. The second kappa shape index (κ2) is 6.79. The number of hydrogen-bond acceptors (Lipinski definition) is 3. The molecule has 7 heteroatoms. The van der Waals surface area contributed by atoms with Crippen molar-refractivity contribution in [1.29, 1.82) is 0 Å². The highest BCUT2D eigenvalue weighted by molar-refractivity contribution is 5.88. The second-order valence-electron chi connectivity index (χ2n) is 6.26. The SMILES string of the molecule is CC=CCCC1(OC(C)=O)OCCc2c1[nH]c1c(C(F)(F)F)cccc21.